The Morgan fingerprint density at radius 3 is 2.08 bits per heavy atom. The predicted octanol–water partition coefficient (Wildman–Crippen LogP) is 5.43. The minimum Gasteiger partial charge on any atom is -0.361 e. The van der Waals surface area contributed by atoms with Gasteiger partial charge in [-0.1, -0.05) is 28.0 Å². The van der Waals surface area contributed by atoms with Gasteiger partial charge in [0.05, 0.1) is 33.2 Å². The van der Waals surface area contributed by atoms with Gasteiger partial charge in [-0.05, 0) is 51.5 Å². The molecule has 0 atom stereocenters. The summed E-state index contributed by atoms with van der Waals surface area (Å²) in [6.45, 7) is 7.60. The first-order valence-corrected chi connectivity index (χ1v) is 8.30. The van der Waals surface area contributed by atoms with Crippen LogP contribution < -0.4 is 0 Å². The predicted molar refractivity (Wildman–Crippen MR) is 96.7 cm³/mol. The van der Waals surface area contributed by atoms with Crippen molar-refractivity contribution >= 4 is 22.5 Å². The highest BCUT2D eigenvalue weighted by atomic mass is 35.5. The van der Waals surface area contributed by atoms with E-state index in [4.69, 9.17) is 25.6 Å². The molecule has 0 aliphatic heterocycles. The van der Waals surface area contributed by atoms with Gasteiger partial charge in [-0.25, -0.2) is 4.98 Å². The van der Waals surface area contributed by atoms with E-state index in [0.717, 1.165) is 56.2 Å². The summed E-state index contributed by atoms with van der Waals surface area (Å²) in [5, 5.41) is 9.53. The number of nitrogens with zero attached hydrogens (tertiary/aromatic N) is 3. The quantitative estimate of drug-likeness (QED) is 0.480. The standard InChI is InChI=1S/C19H16ClN3O2/c1-9-18(11(3)24-22-9)13-5-6-16-14(7-13)15(20)8-17(21-16)19-10(2)23-25-12(19)4/h5-8H,1-4H3. The lowest BCUT2D eigenvalue weighted by Crippen LogP contribution is -1.90. The molecule has 0 radical (unpaired) electrons. The van der Waals surface area contributed by atoms with Crippen molar-refractivity contribution in [1.29, 1.82) is 0 Å². The van der Waals surface area contributed by atoms with E-state index >= 15 is 0 Å². The second kappa shape index (κ2) is 5.70. The average molecular weight is 354 g/mol. The summed E-state index contributed by atoms with van der Waals surface area (Å²) in [6.07, 6.45) is 0. The molecule has 0 fully saturated rings. The minimum absolute atomic E-state index is 0.633. The molecule has 0 unspecified atom stereocenters. The molecule has 4 aromatic rings. The van der Waals surface area contributed by atoms with E-state index in [1.807, 2.05) is 52.0 Å². The number of hydrogen-bond acceptors (Lipinski definition) is 5. The smallest absolute Gasteiger partial charge is 0.143 e. The van der Waals surface area contributed by atoms with Crippen molar-refractivity contribution in [1.82, 2.24) is 15.3 Å². The van der Waals surface area contributed by atoms with Gasteiger partial charge < -0.3 is 9.05 Å². The van der Waals surface area contributed by atoms with Crippen LogP contribution in [0.4, 0.5) is 0 Å². The van der Waals surface area contributed by atoms with Crippen LogP contribution in [0.2, 0.25) is 5.02 Å². The zero-order valence-electron chi connectivity index (χ0n) is 14.3. The maximum atomic E-state index is 6.57. The minimum atomic E-state index is 0.633. The molecular formula is C19H16ClN3O2. The lowest BCUT2D eigenvalue weighted by molar-refractivity contribution is 0.393. The lowest BCUT2D eigenvalue weighted by atomic mass is 10.0. The molecule has 0 spiro atoms. The maximum Gasteiger partial charge on any atom is 0.143 e. The second-order valence-corrected chi connectivity index (χ2v) is 6.53. The third kappa shape index (κ3) is 2.51. The largest absolute Gasteiger partial charge is 0.361 e. The molecule has 0 bridgehead atoms. The highest BCUT2D eigenvalue weighted by Gasteiger charge is 2.17. The number of aromatic nitrogens is 3. The van der Waals surface area contributed by atoms with Crippen molar-refractivity contribution in [3.05, 3.63) is 52.2 Å². The number of fused-ring (bicyclic) bond motifs is 1. The van der Waals surface area contributed by atoms with Crippen LogP contribution in [0, 0.1) is 27.7 Å². The van der Waals surface area contributed by atoms with E-state index in [9.17, 15) is 0 Å². The van der Waals surface area contributed by atoms with Gasteiger partial charge in [0.15, 0.2) is 0 Å². The fourth-order valence-corrected chi connectivity index (χ4v) is 3.47. The van der Waals surface area contributed by atoms with E-state index in [1.165, 1.54) is 0 Å². The zero-order valence-corrected chi connectivity index (χ0v) is 15.1. The summed E-state index contributed by atoms with van der Waals surface area (Å²) in [4.78, 5) is 4.74. The molecule has 0 aliphatic carbocycles. The molecule has 4 rings (SSSR count). The van der Waals surface area contributed by atoms with Gasteiger partial charge in [-0.15, -0.1) is 0 Å². The van der Waals surface area contributed by atoms with Crippen molar-refractivity contribution in [2.45, 2.75) is 27.7 Å². The van der Waals surface area contributed by atoms with Crippen molar-refractivity contribution in [3.8, 4) is 22.4 Å². The Bertz CT molecular complexity index is 1070. The van der Waals surface area contributed by atoms with Crippen LogP contribution in [0.1, 0.15) is 22.9 Å². The molecule has 3 heterocycles. The molecule has 5 nitrogen and oxygen atoms in total. The summed E-state index contributed by atoms with van der Waals surface area (Å²) in [5.74, 6) is 1.51. The Balaban J connectivity index is 1.91. The van der Waals surface area contributed by atoms with E-state index in [0.29, 0.717) is 5.02 Å². The third-order valence-electron chi connectivity index (χ3n) is 4.37. The number of aryl methyl sites for hydroxylation is 4. The molecule has 0 saturated heterocycles. The fraction of sp³-hybridized carbons (Fsp3) is 0.211. The van der Waals surface area contributed by atoms with Crippen LogP contribution >= 0.6 is 11.6 Å². The highest BCUT2D eigenvalue weighted by Crippen LogP contribution is 2.35. The van der Waals surface area contributed by atoms with Crippen LogP contribution in [0.15, 0.2) is 33.3 Å². The maximum absolute atomic E-state index is 6.57. The van der Waals surface area contributed by atoms with Crippen LogP contribution in [0.25, 0.3) is 33.3 Å². The number of benzene rings is 1. The molecule has 3 aromatic heterocycles. The van der Waals surface area contributed by atoms with Gasteiger partial charge in [-0.2, -0.15) is 0 Å². The molecule has 6 heteroatoms. The van der Waals surface area contributed by atoms with Gasteiger partial charge in [0.1, 0.15) is 11.5 Å². The van der Waals surface area contributed by atoms with Crippen LogP contribution in [-0.2, 0) is 0 Å². The number of rotatable bonds is 2. The van der Waals surface area contributed by atoms with Crippen LogP contribution in [-0.4, -0.2) is 15.3 Å². The van der Waals surface area contributed by atoms with Gasteiger partial charge in [0, 0.05) is 10.9 Å². The van der Waals surface area contributed by atoms with Gasteiger partial charge >= 0.3 is 0 Å². The molecule has 0 saturated carbocycles. The Morgan fingerprint density at radius 1 is 0.840 bits per heavy atom. The van der Waals surface area contributed by atoms with Gasteiger partial charge in [0.25, 0.3) is 0 Å². The van der Waals surface area contributed by atoms with Crippen LogP contribution in [0.3, 0.4) is 0 Å². The van der Waals surface area contributed by atoms with Crippen LogP contribution in [0.5, 0.6) is 0 Å². The molecule has 0 aliphatic rings. The van der Waals surface area contributed by atoms with Crippen molar-refractivity contribution in [3.63, 3.8) is 0 Å². The Morgan fingerprint density at radius 2 is 1.48 bits per heavy atom. The summed E-state index contributed by atoms with van der Waals surface area (Å²) in [7, 11) is 0. The Hall–Kier alpha value is -2.66. The summed E-state index contributed by atoms with van der Waals surface area (Å²) < 4.78 is 10.5. The summed E-state index contributed by atoms with van der Waals surface area (Å²) >= 11 is 6.57. The monoisotopic (exact) mass is 353 g/mol. The van der Waals surface area contributed by atoms with Gasteiger partial charge in [0.2, 0.25) is 0 Å². The Kier molecular flexibility index (Phi) is 3.62. The first-order valence-electron chi connectivity index (χ1n) is 7.92. The summed E-state index contributed by atoms with van der Waals surface area (Å²) in [6, 6.07) is 7.85. The molecule has 0 amide bonds. The lowest BCUT2D eigenvalue weighted by Gasteiger charge is -2.08. The van der Waals surface area contributed by atoms with E-state index in [2.05, 4.69) is 10.3 Å². The molecule has 1 aromatic carbocycles. The van der Waals surface area contributed by atoms with Crippen molar-refractivity contribution in [2.24, 2.45) is 0 Å². The molecule has 0 N–H and O–H groups in total. The van der Waals surface area contributed by atoms with E-state index in [1.54, 1.807) is 0 Å². The number of hydrogen-bond donors (Lipinski definition) is 0. The first-order chi connectivity index (χ1) is 12.0. The number of pyridine rings is 1. The van der Waals surface area contributed by atoms with Gasteiger partial charge in [-0.3, -0.25) is 0 Å². The highest BCUT2D eigenvalue weighted by molar-refractivity contribution is 6.35. The average Bonchev–Trinajstić information content (AvgIpc) is 3.09. The summed E-state index contributed by atoms with van der Waals surface area (Å²) in [5.41, 5.74) is 6.13. The third-order valence-corrected chi connectivity index (χ3v) is 4.68. The van der Waals surface area contributed by atoms with Crippen molar-refractivity contribution in [2.75, 3.05) is 0 Å². The SMILES string of the molecule is Cc1noc(C)c1-c1ccc2nc(-c3c(C)noc3C)cc(Cl)c2c1. The second-order valence-electron chi connectivity index (χ2n) is 6.12. The normalized spacial score (nSPS) is 11.4. The van der Waals surface area contributed by atoms with E-state index < -0.39 is 0 Å². The molecular weight excluding hydrogens is 338 g/mol. The Labute approximate surface area is 149 Å². The first kappa shape index (κ1) is 15.8. The topological polar surface area (TPSA) is 65.0 Å². The van der Waals surface area contributed by atoms with Crippen molar-refractivity contribution < 1.29 is 9.05 Å². The fourth-order valence-electron chi connectivity index (χ4n) is 3.21. The van der Waals surface area contributed by atoms with E-state index in [-0.39, 0.29) is 0 Å². The number of halogens is 1. The zero-order chi connectivity index (χ0) is 17.7. The molecule has 25 heavy (non-hydrogen) atoms. The molecule has 126 valence electrons.